The lowest BCUT2D eigenvalue weighted by Crippen LogP contribution is -2.15. The van der Waals surface area contributed by atoms with E-state index >= 15 is 0 Å². The van der Waals surface area contributed by atoms with Crippen LogP contribution in [0.5, 0.6) is 5.75 Å². The Kier molecular flexibility index (Phi) is 4.65. The Balaban J connectivity index is 1.80. The van der Waals surface area contributed by atoms with Gasteiger partial charge >= 0.3 is 0 Å². The molecule has 2 aromatic carbocycles. The molecule has 3 nitrogen and oxygen atoms in total. The highest BCUT2D eigenvalue weighted by Gasteiger charge is 2.15. The second-order valence-corrected chi connectivity index (χ2v) is 6.30. The standard InChI is InChI=1S/C20H23NO2/c1-14(2)23-17-10-5-9-16(13-17)20(22)21-19-12-6-8-15-7-3-4-11-18(15)19/h5-6,8-10,12-14H,3-4,7,11H2,1-2H3,(H,21,22). The van der Waals surface area contributed by atoms with E-state index in [0.717, 1.165) is 24.3 Å². The third kappa shape index (κ3) is 3.73. The maximum Gasteiger partial charge on any atom is 0.255 e. The van der Waals surface area contributed by atoms with Crippen LogP contribution in [0, 0.1) is 0 Å². The number of fused-ring (bicyclic) bond motifs is 1. The van der Waals surface area contributed by atoms with E-state index in [9.17, 15) is 4.79 Å². The Morgan fingerprint density at radius 2 is 1.87 bits per heavy atom. The highest BCUT2D eigenvalue weighted by atomic mass is 16.5. The third-order valence-electron chi connectivity index (χ3n) is 4.11. The molecule has 0 saturated heterocycles. The van der Waals surface area contributed by atoms with E-state index in [2.05, 4.69) is 11.4 Å². The molecule has 0 heterocycles. The molecule has 0 aliphatic heterocycles. The molecule has 3 heteroatoms. The van der Waals surface area contributed by atoms with Gasteiger partial charge in [-0.15, -0.1) is 0 Å². The summed E-state index contributed by atoms with van der Waals surface area (Å²) in [7, 11) is 0. The number of carbonyl (C=O) groups is 1. The van der Waals surface area contributed by atoms with E-state index in [0.29, 0.717) is 5.56 Å². The molecule has 0 spiro atoms. The van der Waals surface area contributed by atoms with Crippen molar-refractivity contribution in [3.8, 4) is 5.75 Å². The highest BCUT2D eigenvalue weighted by Crippen LogP contribution is 2.28. The van der Waals surface area contributed by atoms with Gasteiger partial charge in [-0.1, -0.05) is 18.2 Å². The number of rotatable bonds is 4. The van der Waals surface area contributed by atoms with E-state index < -0.39 is 0 Å². The average molecular weight is 309 g/mol. The maximum atomic E-state index is 12.6. The lowest BCUT2D eigenvalue weighted by Gasteiger charge is -2.19. The summed E-state index contributed by atoms with van der Waals surface area (Å²) in [6, 6.07) is 13.5. The third-order valence-corrected chi connectivity index (χ3v) is 4.11. The molecule has 0 saturated carbocycles. The van der Waals surface area contributed by atoms with Crippen LogP contribution < -0.4 is 10.1 Å². The molecule has 23 heavy (non-hydrogen) atoms. The van der Waals surface area contributed by atoms with E-state index in [-0.39, 0.29) is 12.0 Å². The summed E-state index contributed by atoms with van der Waals surface area (Å²) in [6.45, 7) is 3.95. The van der Waals surface area contributed by atoms with Gasteiger partial charge in [-0.2, -0.15) is 0 Å². The van der Waals surface area contributed by atoms with E-state index in [1.165, 1.54) is 24.0 Å². The molecule has 0 bridgehead atoms. The Bertz CT molecular complexity index is 707. The minimum absolute atomic E-state index is 0.0850. The van der Waals surface area contributed by atoms with Crippen molar-refractivity contribution in [2.45, 2.75) is 45.6 Å². The van der Waals surface area contributed by atoms with Crippen LogP contribution in [-0.4, -0.2) is 12.0 Å². The molecule has 120 valence electrons. The fraction of sp³-hybridized carbons (Fsp3) is 0.350. The van der Waals surface area contributed by atoms with Gasteiger partial charge < -0.3 is 10.1 Å². The van der Waals surface area contributed by atoms with Crippen molar-refractivity contribution in [2.75, 3.05) is 5.32 Å². The van der Waals surface area contributed by atoms with Gasteiger partial charge in [0, 0.05) is 11.3 Å². The van der Waals surface area contributed by atoms with Gasteiger partial charge in [-0.3, -0.25) is 4.79 Å². The van der Waals surface area contributed by atoms with Crippen LogP contribution in [-0.2, 0) is 12.8 Å². The van der Waals surface area contributed by atoms with Crippen molar-refractivity contribution in [1.29, 1.82) is 0 Å². The maximum absolute atomic E-state index is 12.6. The number of amides is 1. The van der Waals surface area contributed by atoms with Crippen LogP contribution in [0.2, 0.25) is 0 Å². The normalized spacial score (nSPS) is 13.5. The smallest absolute Gasteiger partial charge is 0.255 e. The summed E-state index contributed by atoms with van der Waals surface area (Å²) >= 11 is 0. The molecule has 0 atom stereocenters. The van der Waals surface area contributed by atoms with Crippen molar-refractivity contribution in [2.24, 2.45) is 0 Å². The molecule has 0 radical (unpaired) electrons. The number of aryl methyl sites for hydroxylation is 1. The van der Waals surface area contributed by atoms with Crippen LogP contribution in [0.4, 0.5) is 5.69 Å². The summed E-state index contributed by atoms with van der Waals surface area (Å²) < 4.78 is 5.67. The summed E-state index contributed by atoms with van der Waals surface area (Å²) in [5.74, 6) is 0.640. The molecule has 1 aliphatic carbocycles. The molecule has 0 aromatic heterocycles. The summed E-state index contributed by atoms with van der Waals surface area (Å²) in [5.41, 5.74) is 4.23. The first-order valence-electron chi connectivity index (χ1n) is 8.32. The fourth-order valence-electron chi connectivity index (χ4n) is 3.08. The van der Waals surface area contributed by atoms with E-state index in [1.807, 2.05) is 44.2 Å². The number of benzene rings is 2. The Morgan fingerprint density at radius 1 is 1.09 bits per heavy atom. The second-order valence-electron chi connectivity index (χ2n) is 6.30. The SMILES string of the molecule is CC(C)Oc1cccc(C(=O)Nc2cccc3c2CCCC3)c1. The number of nitrogens with one attached hydrogen (secondary N) is 1. The quantitative estimate of drug-likeness (QED) is 0.896. The fourth-order valence-corrected chi connectivity index (χ4v) is 3.08. The summed E-state index contributed by atoms with van der Waals surface area (Å²) in [6.07, 6.45) is 4.67. The zero-order chi connectivity index (χ0) is 16.2. The van der Waals surface area contributed by atoms with Crippen molar-refractivity contribution >= 4 is 11.6 Å². The lowest BCUT2D eigenvalue weighted by atomic mass is 9.90. The van der Waals surface area contributed by atoms with E-state index in [4.69, 9.17) is 4.74 Å². The van der Waals surface area contributed by atoms with E-state index in [1.54, 1.807) is 6.07 Å². The van der Waals surface area contributed by atoms with Gasteiger partial charge in [0.2, 0.25) is 0 Å². The molecule has 1 aliphatic rings. The largest absolute Gasteiger partial charge is 0.491 e. The zero-order valence-corrected chi connectivity index (χ0v) is 13.8. The highest BCUT2D eigenvalue weighted by molar-refractivity contribution is 6.05. The van der Waals surface area contributed by atoms with Crippen LogP contribution in [0.25, 0.3) is 0 Å². The molecule has 0 unspecified atom stereocenters. The number of hydrogen-bond acceptors (Lipinski definition) is 2. The van der Waals surface area contributed by atoms with Crippen LogP contribution >= 0.6 is 0 Å². The number of hydrogen-bond donors (Lipinski definition) is 1. The number of carbonyl (C=O) groups excluding carboxylic acids is 1. The zero-order valence-electron chi connectivity index (χ0n) is 13.8. The second kappa shape index (κ2) is 6.86. The summed E-state index contributed by atoms with van der Waals surface area (Å²) in [5, 5.41) is 3.07. The molecular weight excluding hydrogens is 286 g/mol. The Morgan fingerprint density at radius 3 is 2.70 bits per heavy atom. The van der Waals surface area contributed by atoms with Crippen molar-refractivity contribution in [3.05, 3.63) is 59.2 Å². The minimum Gasteiger partial charge on any atom is -0.491 e. The van der Waals surface area contributed by atoms with Gasteiger partial charge in [-0.25, -0.2) is 0 Å². The average Bonchev–Trinajstić information content (AvgIpc) is 2.55. The minimum atomic E-state index is -0.0850. The number of anilines is 1. The van der Waals surface area contributed by atoms with Crippen LogP contribution in [0.15, 0.2) is 42.5 Å². The van der Waals surface area contributed by atoms with Gasteiger partial charge in [0.1, 0.15) is 5.75 Å². The first-order valence-corrected chi connectivity index (χ1v) is 8.32. The van der Waals surface area contributed by atoms with Gasteiger partial charge in [-0.05, 0) is 74.9 Å². The van der Waals surface area contributed by atoms with Crippen LogP contribution in [0.1, 0.15) is 48.2 Å². The predicted molar refractivity (Wildman–Crippen MR) is 93.2 cm³/mol. The van der Waals surface area contributed by atoms with Gasteiger partial charge in [0.15, 0.2) is 0 Å². The molecule has 1 amide bonds. The Hall–Kier alpha value is -2.29. The van der Waals surface area contributed by atoms with Crippen molar-refractivity contribution in [1.82, 2.24) is 0 Å². The van der Waals surface area contributed by atoms with Gasteiger partial charge in [0.05, 0.1) is 6.10 Å². The van der Waals surface area contributed by atoms with Crippen molar-refractivity contribution < 1.29 is 9.53 Å². The molecule has 3 rings (SSSR count). The molecule has 0 fully saturated rings. The predicted octanol–water partition coefficient (Wildman–Crippen LogP) is 4.60. The van der Waals surface area contributed by atoms with Crippen LogP contribution in [0.3, 0.4) is 0 Å². The molecular formula is C20H23NO2. The monoisotopic (exact) mass is 309 g/mol. The first-order chi connectivity index (χ1) is 11.1. The molecule has 2 aromatic rings. The molecule has 1 N–H and O–H groups in total. The van der Waals surface area contributed by atoms with Gasteiger partial charge in [0.25, 0.3) is 5.91 Å². The topological polar surface area (TPSA) is 38.3 Å². The Labute approximate surface area is 137 Å². The van der Waals surface area contributed by atoms with Crippen molar-refractivity contribution in [3.63, 3.8) is 0 Å². The number of ether oxygens (including phenoxy) is 1. The lowest BCUT2D eigenvalue weighted by molar-refractivity contribution is 0.102. The first kappa shape index (κ1) is 15.6. The summed E-state index contributed by atoms with van der Waals surface area (Å²) in [4.78, 5) is 12.6.